The highest BCUT2D eigenvalue weighted by atomic mass is 32.1. The van der Waals surface area contributed by atoms with E-state index < -0.39 is 11.8 Å². The van der Waals surface area contributed by atoms with Gasteiger partial charge in [0.25, 0.3) is 11.8 Å². The topological polar surface area (TPSA) is 77.1 Å². The van der Waals surface area contributed by atoms with Crippen LogP contribution in [0.2, 0.25) is 0 Å². The maximum atomic E-state index is 13.2. The third-order valence-electron chi connectivity index (χ3n) is 4.56. The second-order valence-electron chi connectivity index (χ2n) is 6.42. The van der Waals surface area contributed by atoms with E-state index in [2.05, 4.69) is 5.32 Å². The van der Waals surface area contributed by atoms with Crippen molar-refractivity contribution in [3.63, 3.8) is 0 Å². The number of carbonyl (C=O) groups excluding carboxylic acids is 2. The Labute approximate surface area is 172 Å². The summed E-state index contributed by atoms with van der Waals surface area (Å²) in [6, 6.07) is 10.7. The molecule has 148 valence electrons. The highest BCUT2D eigenvalue weighted by Crippen LogP contribution is 2.39. The molecule has 1 N–H and O–H groups in total. The number of benzene rings is 2. The van der Waals surface area contributed by atoms with E-state index in [4.69, 9.17) is 26.4 Å². The van der Waals surface area contributed by atoms with Crippen molar-refractivity contribution in [2.24, 2.45) is 0 Å². The molecule has 2 aromatic carbocycles. The molecular weight excluding hydrogens is 392 g/mol. The van der Waals surface area contributed by atoms with Crippen molar-refractivity contribution < 1.29 is 23.8 Å². The van der Waals surface area contributed by atoms with Crippen LogP contribution in [0.25, 0.3) is 6.08 Å². The van der Waals surface area contributed by atoms with Gasteiger partial charge in [-0.05, 0) is 49.8 Å². The van der Waals surface area contributed by atoms with Crippen molar-refractivity contribution in [3.8, 4) is 17.2 Å². The summed E-state index contributed by atoms with van der Waals surface area (Å²) in [5.41, 5.74) is 1.95. The lowest BCUT2D eigenvalue weighted by Crippen LogP contribution is -2.54. The van der Waals surface area contributed by atoms with Crippen molar-refractivity contribution >= 4 is 40.9 Å². The van der Waals surface area contributed by atoms with Gasteiger partial charge in [0.2, 0.25) is 6.79 Å². The number of para-hydroxylation sites is 1. The number of hydrogen-bond acceptors (Lipinski definition) is 6. The first-order valence-corrected chi connectivity index (χ1v) is 9.44. The molecular formula is C21H18N2O5S. The minimum absolute atomic E-state index is 0.0437. The van der Waals surface area contributed by atoms with Gasteiger partial charge in [0.1, 0.15) is 11.3 Å². The van der Waals surface area contributed by atoms with E-state index in [-0.39, 0.29) is 17.5 Å². The number of anilines is 1. The highest BCUT2D eigenvalue weighted by Gasteiger charge is 2.35. The van der Waals surface area contributed by atoms with Gasteiger partial charge in [-0.3, -0.25) is 19.8 Å². The Morgan fingerprint density at radius 1 is 1.21 bits per heavy atom. The number of thiocarbonyl (C=S) groups is 1. The van der Waals surface area contributed by atoms with Gasteiger partial charge in [-0.1, -0.05) is 18.2 Å². The van der Waals surface area contributed by atoms with E-state index in [1.54, 1.807) is 18.2 Å². The molecule has 2 aliphatic rings. The number of rotatable bonds is 4. The van der Waals surface area contributed by atoms with Crippen LogP contribution in [0, 0.1) is 6.92 Å². The minimum Gasteiger partial charge on any atom is -0.493 e. The maximum Gasteiger partial charge on any atom is 0.270 e. The molecule has 7 nitrogen and oxygen atoms in total. The number of amides is 2. The van der Waals surface area contributed by atoms with Crippen LogP contribution in [0.1, 0.15) is 18.1 Å². The molecule has 0 saturated carbocycles. The average Bonchev–Trinajstić information content (AvgIpc) is 3.14. The van der Waals surface area contributed by atoms with Crippen molar-refractivity contribution in [1.29, 1.82) is 0 Å². The molecule has 1 fully saturated rings. The first-order valence-electron chi connectivity index (χ1n) is 9.03. The number of aryl methyl sites for hydroxylation is 1. The van der Waals surface area contributed by atoms with Gasteiger partial charge in [0.05, 0.1) is 12.3 Å². The minimum atomic E-state index is -0.565. The van der Waals surface area contributed by atoms with Crippen molar-refractivity contribution in [2.75, 3.05) is 18.3 Å². The van der Waals surface area contributed by atoms with Gasteiger partial charge < -0.3 is 14.2 Å². The maximum absolute atomic E-state index is 13.2. The number of nitrogens with one attached hydrogen (secondary N) is 1. The number of carbonyl (C=O) groups is 2. The second kappa shape index (κ2) is 7.56. The first-order chi connectivity index (χ1) is 14.0. The normalized spacial score (nSPS) is 17.0. The fourth-order valence-corrected chi connectivity index (χ4v) is 3.45. The van der Waals surface area contributed by atoms with Crippen LogP contribution in [0.3, 0.4) is 0 Å². The molecule has 4 rings (SSSR count). The second-order valence-corrected chi connectivity index (χ2v) is 6.81. The van der Waals surface area contributed by atoms with E-state index in [9.17, 15) is 9.59 Å². The van der Waals surface area contributed by atoms with Crippen LogP contribution < -0.4 is 24.4 Å². The van der Waals surface area contributed by atoms with Crippen LogP contribution in [0.15, 0.2) is 42.0 Å². The van der Waals surface area contributed by atoms with Crippen molar-refractivity contribution in [1.82, 2.24) is 5.32 Å². The summed E-state index contributed by atoms with van der Waals surface area (Å²) in [7, 11) is 0. The summed E-state index contributed by atoms with van der Waals surface area (Å²) in [5.74, 6) is 0.492. The van der Waals surface area contributed by atoms with Gasteiger partial charge in [0, 0.05) is 11.6 Å². The lowest BCUT2D eigenvalue weighted by atomic mass is 10.0. The number of nitrogens with zero attached hydrogens (tertiary/aromatic N) is 1. The van der Waals surface area contributed by atoms with Gasteiger partial charge in [0.15, 0.2) is 16.6 Å². The van der Waals surface area contributed by atoms with Crippen LogP contribution >= 0.6 is 12.2 Å². The fraction of sp³-hybridized carbons (Fsp3) is 0.190. The van der Waals surface area contributed by atoms with Crippen molar-refractivity contribution in [3.05, 3.63) is 53.1 Å². The number of fused-ring (bicyclic) bond motifs is 1. The molecule has 29 heavy (non-hydrogen) atoms. The molecule has 2 amide bonds. The van der Waals surface area contributed by atoms with E-state index in [1.807, 2.05) is 32.0 Å². The van der Waals surface area contributed by atoms with E-state index in [0.717, 1.165) is 5.56 Å². The molecule has 0 radical (unpaired) electrons. The summed E-state index contributed by atoms with van der Waals surface area (Å²) >= 11 is 5.26. The Hall–Kier alpha value is -3.39. The Morgan fingerprint density at radius 3 is 2.66 bits per heavy atom. The Morgan fingerprint density at radius 2 is 1.93 bits per heavy atom. The van der Waals surface area contributed by atoms with Gasteiger partial charge >= 0.3 is 0 Å². The molecule has 0 spiro atoms. The van der Waals surface area contributed by atoms with Gasteiger partial charge in [-0.15, -0.1) is 0 Å². The monoisotopic (exact) mass is 410 g/mol. The Bertz CT molecular complexity index is 1060. The molecule has 2 aliphatic heterocycles. The summed E-state index contributed by atoms with van der Waals surface area (Å²) in [4.78, 5) is 27.1. The smallest absolute Gasteiger partial charge is 0.270 e. The zero-order chi connectivity index (χ0) is 20.5. The summed E-state index contributed by atoms with van der Waals surface area (Å²) in [6.07, 6.45) is 1.48. The van der Waals surface area contributed by atoms with Crippen LogP contribution in [-0.2, 0) is 9.59 Å². The van der Waals surface area contributed by atoms with E-state index in [1.165, 1.54) is 11.0 Å². The summed E-state index contributed by atoms with van der Waals surface area (Å²) < 4.78 is 16.5. The summed E-state index contributed by atoms with van der Waals surface area (Å²) in [5, 5.41) is 2.64. The third-order valence-corrected chi connectivity index (χ3v) is 4.85. The van der Waals surface area contributed by atoms with E-state index in [0.29, 0.717) is 35.1 Å². The molecule has 0 unspecified atom stereocenters. The van der Waals surface area contributed by atoms with Crippen LogP contribution in [0.4, 0.5) is 5.69 Å². The SMILES string of the molecule is CCOc1cc2c(cc1/C=C1/C(=O)NC(=S)N(c3ccccc3C)C1=O)OCO2. The Balaban J connectivity index is 1.79. The highest BCUT2D eigenvalue weighted by molar-refractivity contribution is 7.80. The third kappa shape index (κ3) is 3.42. The standard InChI is InChI=1S/C21H18N2O5S/c1-3-26-16-10-18-17(27-11-28-18)9-13(16)8-14-19(24)22-21(29)23(20(14)25)15-7-5-4-6-12(15)2/h4-10H,3,11H2,1-2H3,(H,22,24,29)/b14-8-. The van der Waals surface area contributed by atoms with Gasteiger partial charge in [-0.2, -0.15) is 0 Å². The van der Waals surface area contributed by atoms with Crippen molar-refractivity contribution in [2.45, 2.75) is 13.8 Å². The molecule has 8 heteroatoms. The molecule has 0 aromatic heterocycles. The number of hydrogen-bond donors (Lipinski definition) is 1. The fourth-order valence-electron chi connectivity index (χ4n) is 3.18. The largest absolute Gasteiger partial charge is 0.493 e. The van der Waals surface area contributed by atoms with Crippen LogP contribution in [0.5, 0.6) is 17.2 Å². The molecule has 2 aromatic rings. The Kier molecular flexibility index (Phi) is 4.94. The van der Waals surface area contributed by atoms with E-state index >= 15 is 0 Å². The zero-order valence-electron chi connectivity index (χ0n) is 15.9. The zero-order valence-corrected chi connectivity index (χ0v) is 16.7. The molecule has 1 saturated heterocycles. The molecule has 0 aliphatic carbocycles. The first kappa shape index (κ1) is 18.9. The predicted octanol–water partition coefficient (Wildman–Crippen LogP) is 2.95. The predicted molar refractivity (Wildman–Crippen MR) is 111 cm³/mol. The van der Waals surface area contributed by atoms with Gasteiger partial charge in [-0.25, -0.2) is 0 Å². The summed E-state index contributed by atoms with van der Waals surface area (Å²) in [6.45, 7) is 4.24. The average molecular weight is 410 g/mol. The lowest BCUT2D eigenvalue weighted by Gasteiger charge is -2.30. The quantitative estimate of drug-likeness (QED) is 0.474. The molecule has 0 bridgehead atoms. The number of ether oxygens (including phenoxy) is 3. The van der Waals surface area contributed by atoms with Crippen LogP contribution in [-0.4, -0.2) is 30.3 Å². The molecule has 0 atom stereocenters. The lowest BCUT2D eigenvalue weighted by molar-refractivity contribution is -0.122. The molecule has 2 heterocycles.